The van der Waals surface area contributed by atoms with Gasteiger partial charge in [0, 0.05) is 17.0 Å². The number of fused-ring (bicyclic) bond motifs is 1. The number of ether oxygens (including phenoxy) is 1. The Bertz CT molecular complexity index is 1370. The van der Waals surface area contributed by atoms with Gasteiger partial charge in [-0.25, -0.2) is 9.78 Å². The maximum atomic E-state index is 13.1. The Morgan fingerprint density at radius 3 is 2.56 bits per heavy atom. The summed E-state index contributed by atoms with van der Waals surface area (Å²) >= 11 is 0. The van der Waals surface area contributed by atoms with Crippen LogP contribution in [-0.2, 0) is 6.54 Å². The average Bonchev–Trinajstić information content (AvgIpc) is 2.79. The summed E-state index contributed by atoms with van der Waals surface area (Å²) in [6.45, 7) is 4.58. The van der Waals surface area contributed by atoms with E-state index in [0.29, 0.717) is 28.6 Å². The smallest absolute Gasteiger partial charge is 0.348 e. The molecule has 4 aromatic rings. The van der Waals surface area contributed by atoms with Crippen LogP contribution in [0.3, 0.4) is 0 Å². The van der Waals surface area contributed by atoms with Gasteiger partial charge in [0.15, 0.2) is 0 Å². The Morgan fingerprint density at radius 1 is 1.09 bits per heavy atom. The maximum absolute atomic E-state index is 13.1. The van der Waals surface area contributed by atoms with Gasteiger partial charge in [0.1, 0.15) is 12.4 Å². The number of aromatic nitrogens is 3. The lowest BCUT2D eigenvalue weighted by atomic mass is 9.99. The molecule has 32 heavy (non-hydrogen) atoms. The minimum absolute atomic E-state index is 0.0975. The summed E-state index contributed by atoms with van der Waals surface area (Å²) in [5.74, 6) is 3.36. The molecule has 160 valence electrons. The first kappa shape index (κ1) is 21.1. The number of benzene rings is 2. The Morgan fingerprint density at radius 2 is 1.88 bits per heavy atom. The highest BCUT2D eigenvalue weighted by atomic mass is 16.5. The number of rotatable bonds is 6. The molecule has 2 aromatic heterocycles. The summed E-state index contributed by atoms with van der Waals surface area (Å²) in [4.78, 5) is 21.6. The number of pyridine rings is 1. The SMILES string of the molecule is C#CCOc1ccc2c(c1)c(-c1ccc(C(C)C)cc1)nc(=O)n2Cc1cccc(O)n1. The third kappa shape index (κ3) is 4.33. The molecule has 0 saturated carbocycles. The van der Waals surface area contributed by atoms with E-state index in [1.165, 1.54) is 16.2 Å². The van der Waals surface area contributed by atoms with Crippen LogP contribution >= 0.6 is 0 Å². The molecular formula is C26H23N3O3. The molecule has 6 heteroatoms. The summed E-state index contributed by atoms with van der Waals surface area (Å²) in [5.41, 5.74) is 3.46. The molecule has 1 N–H and O–H groups in total. The van der Waals surface area contributed by atoms with Gasteiger partial charge in [0.2, 0.25) is 5.88 Å². The van der Waals surface area contributed by atoms with Crippen molar-refractivity contribution in [3.63, 3.8) is 0 Å². The van der Waals surface area contributed by atoms with Crippen molar-refractivity contribution in [2.45, 2.75) is 26.3 Å². The molecule has 0 aliphatic carbocycles. The number of aromatic hydroxyl groups is 1. The van der Waals surface area contributed by atoms with Crippen molar-refractivity contribution >= 4 is 10.9 Å². The number of terminal acetylenes is 1. The Labute approximate surface area is 186 Å². The molecular weight excluding hydrogens is 402 g/mol. The Hall–Kier alpha value is -4.11. The van der Waals surface area contributed by atoms with E-state index in [0.717, 1.165) is 10.9 Å². The van der Waals surface area contributed by atoms with Crippen molar-refractivity contribution in [2.24, 2.45) is 0 Å². The zero-order valence-corrected chi connectivity index (χ0v) is 17.9. The molecule has 0 fully saturated rings. The van der Waals surface area contributed by atoms with Gasteiger partial charge in [-0.3, -0.25) is 4.57 Å². The van der Waals surface area contributed by atoms with Gasteiger partial charge in [0.25, 0.3) is 0 Å². The molecule has 0 aliphatic rings. The van der Waals surface area contributed by atoms with Crippen LogP contribution in [0.2, 0.25) is 0 Å². The minimum Gasteiger partial charge on any atom is -0.493 e. The second-order valence-corrected chi connectivity index (χ2v) is 7.76. The van der Waals surface area contributed by atoms with Gasteiger partial charge in [-0.1, -0.05) is 50.1 Å². The van der Waals surface area contributed by atoms with Crippen LogP contribution in [0.25, 0.3) is 22.2 Å². The van der Waals surface area contributed by atoms with Gasteiger partial charge >= 0.3 is 5.69 Å². The predicted octanol–water partition coefficient (Wildman–Crippen LogP) is 4.35. The number of nitrogens with zero attached hydrogens (tertiary/aromatic N) is 3. The molecule has 0 aliphatic heterocycles. The first-order chi connectivity index (χ1) is 15.5. The molecule has 0 amide bonds. The zero-order valence-electron chi connectivity index (χ0n) is 17.9. The van der Waals surface area contributed by atoms with E-state index >= 15 is 0 Å². The fourth-order valence-corrected chi connectivity index (χ4v) is 3.59. The van der Waals surface area contributed by atoms with Gasteiger partial charge < -0.3 is 9.84 Å². The van der Waals surface area contributed by atoms with Crippen LogP contribution in [0, 0.1) is 12.3 Å². The Balaban J connectivity index is 1.89. The fraction of sp³-hybridized carbons (Fsp3) is 0.192. The van der Waals surface area contributed by atoms with Gasteiger partial charge in [0.05, 0.1) is 23.4 Å². The van der Waals surface area contributed by atoms with E-state index in [1.54, 1.807) is 18.2 Å². The largest absolute Gasteiger partial charge is 0.493 e. The van der Waals surface area contributed by atoms with E-state index in [1.807, 2.05) is 24.3 Å². The van der Waals surface area contributed by atoms with E-state index in [-0.39, 0.29) is 19.0 Å². The summed E-state index contributed by atoms with van der Waals surface area (Å²) in [7, 11) is 0. The summed E-state index contributed by atoms with van der Waals surface area (Å²) in [6.07, 6.45) is 5.33. The van der Waals surface area contributed by atoms with Crippen molar-refractivity contribution in [3.8, 4) is 35.2 Å². The lowest BCUT2D eigenvalue weighted by Gasteiger charge is -2.14. The minimum atomic E-state index is -0.400. The molecule has 2 heterocycles. The first-order valence-electron chi connectivity index (χ1n) is 10.3. The fourth-order valence-electron chi connectivity index (χ4n) is 3.59. The van der Waals surface area contributed by atoms with Crippen LogP contribution in [0.1, 0.15) is 31.0 Å². The Kier molecular flexibility index (Phi) is 5.91. The van der Waals surface area contributed by atoms with Crippen molar-refractivity contribution in [1.82, 2.24) is 14.5 Å². The van der Waals surface area contributed by atoms with Crippen LogP contribution in [-0.4, -0.2) is 26.2 Å². The quantitative estimate of drug-likeness (QED) is 0.465. The highest BCUT2D eigenvalue weighted by Gasteiger charge is 2.15. The number of hydrogen-bond acceptors (Lipinski definition) is 5. The van der Waals surface area contributed by atoms with Crippen LogP contribution in [0.15, 0.2) is 65.5 Å². The predicted molar refractivity (Wildman–Crippen MR) is 125 cm³/mol. The van der Waals surface area contributed by atoms with Gasteiger partial charge in [-0.2, -0.15) is 4.98 Å². The van der Waals surface area contributed by atoms with Gasteiger partial charge in [-0.05, 0) is 35.7 Å². The van der Waals surface area contributed by atoms with Crippen molar-refractivity contribution in [1.29, 1.82) is 0 Å². The maximum Gasteiger partial charge on any atom is 0.348 e. The molecule has 0 atom stereocenters. The number of hydrogen-bond donors (Lipinski definition) is 1. The molecule has 0 radical (unpaired) electrons. The highest BCUT2D eigenvalue weighted by Crippen LogP contribution is 2.30. The second-order valence-electron chi connectivity index (χ2n) is 7.76. The van der Waals surface area contributed by atoms with E-state index in [9.17, 15) is 9.90 Å². The lowest BCUT2D eigenvalue weighted by molar-refractivity contribution is 0.371. The summed E-state index contributed by atoms with van der Waals surface area (Å²) in [6, 6.07) is 18.4. The van der Waals surface area contributed by atoms with Gasteiger partial charge in [-0.15, -0.1) is 6.42 Å². The molecule has 2 aromatic carbocycles. The van der Waals surface area contributed by atoms with E-state index in [2.05, 4.69) is 41.9 Å². The van der Waals surface area contributed by atoms with Crippen molar-refractivity contribution < 1.29 is 9.84 Å². The van der Waals surface area contributed by atoms with Crippen LogP contribution in [0.4, 0.5) is 0 Å². The van der Waals surface area contributed by atoms with E-state index < -0.39 is 5.69 Å². The molecule has 6 nitrogen and oxygen atoms in total. The normalized spacial score (nSPS) is 10.9. The first-order valence-corrected chi connectivity index (χ1v) is 10.3. The third-order valence-electron chi connectivity index (χ3n) is 5.24. The van der Waals surface area contributed by atoms with E-state index in [4.69, 9.17) is 11.2 Å². The highest BCUT2D eigenvalue weighted by molar-refractivity contribution is 5.93. The average molecular weight is 425 g/mol. The summed E-state index contributed by atoms with van der Waals surface area (Å²) < 4.78 is 7.15. The van der Waals surface area contributed by atoms with Crippen LogP contribution in [0.5, 0.6) is 11.6 Å². The van der Waals surface area contributed by atoms with Crippen molar-refractivity contribution in [3.05, 3.63) is 82.4 Å². The third-order valence-corrected chi connectivity index (χ3v) is 5.24. The summed E-state index contributed by atoms with van der Waals surface area (Å²) in [5, 5.41) is 10.5. The standard InChI is InChI=1S/C26H23N3O3/c1-4-14-32-21-12-13-23-22(15-21)25(19-10-8-18(9-11-19)17(2)3)28-26(31)29(23)16-20-6-5-7-24(30)27-20/h1,5-13,15,17H,14,16H2,2-3H3,(H,27,30). The topological polar surface area (TPSA) is 77.2 Å². The van der Waals surface area contributed by atoms with Crippen LogP contribution < -0.4 is 10.4 Å². The van der Waals surface area contributed by atoms with Crippen molar-refractivity contribution in [2.75, 3.05) is 6.61 Å². The molecule has 0 unspecified atom stereocenters. The molecule has 0 bridgehead atoms. The molecule has 0 spiro atoms. The lowest BCUT2D eigenvalue weighted by Crippen LogP contribution is -2.25. The monoisotopic (exact) mass is 425 g/mol. The molecule has 0 saturated heterocycles. The second kappa shape index (κ2) is 8.94. The zero-order chi connectivity index (χ0) is 22.7. The molecule has 4 rings (SSSR count).